The third kappa shape index (κ3) is 2.80. The summed E-state index contributed by atoms with van der Waals surface area (Å²) in [6, 6.07) is 0. The first-order valence-corrected chi connectivity index (χ1v) is 5.18. The van der Waals surface area contributed by atoms with Gasteiger partial charge < -0.3 is 4.98 Å². The molecule has 0 spiro atoms. The molecule has 4 nitrogen and oxygen atoms in total. The molecular formula is C8H2ClF9N2O2. The molecule has 0 saturated heterocycles. The molecule has 0 aromatic carbocycles. The van der Waals surface area contributed by atoms with Gasteiger partial charge in [-0.25, -0.2) is 4.79 Å². The second-order valence-corrected chi connectivity index (χ2v) is 4.28. The van der Waals surface area contributed by atoms with Gasteiger partial charge >= 0.3 is 29.1 Å². The summed E-state index contributed by atoms with van der Waals surface area (Å²) < 4.78 is 115. The average molecular weight is 365 g/mol. The normalized spacial score (nSPS) is 14.3. The Bertz CT molecular complexity index is 685. The Morgan fingerprint density at radius 3 is 1.64 bits per heavy atom. The van der Waals surface area contributed by atoms with E-state index in [4.69, 9.17) is 0 Å². The molecule has 0 aliphatic carbocycles. The second kappa shape index (κ2) is 4.93. The Hall–Kier alpha value is -1.66. The van der Waals surface area contributed by atoms with Crippen LogP contribution in [0, 0.1) is 0 Å². The topological polar surface area (TPSA) is 65.7 Å². The molecule has 2 N–H and O–H groups in total. The highest BCUT2D eigenvalue weighted by atomic mass is 35.5. The molecule has 0 amide bonds. The SMILES string of the molecule is O=c1[nH]c(C(F)(F)F)c(C(F)(F)C(F)(F)C(F)(F)Cl)c(=O)[nH]1. The zero-order valence-electron chi connectivity index (χ0n) is 9.60. The van der Waals surface area contributed by atoms with Crippen LogP contribution >= 0.6 is 11.6 Å². The van der Waals surface area contributed by atoms with E-state index in [-0.39, 0.29) is 0 Å². The lowest BCUT2D eigenvalue weighted by Crippen LogP contribution is -2.53. The molecule has 14 heteroatoms. The Kier molecular flexibility index (Phi) is 4.12. The van der Waals surface area contributed by atoms with Crippen molar-refractivity contribution in [1.82, 2.24) is 9.97 Å². The number of rotatable bonds is 3. The van der Waals surface area contributed by atoms with Gasteiger partial charge in [0.15, 0.2) is 0 Å². The molecule has 0 atom stereocenters. The summed E-state index contributed by atoms with van der Waals surface area (Å²) >= 11 is 3.78. The van der Waals surface area contributed by atoms with E-state index in [1.807, 2.05) is 0 Å². The minimum atomic E-state index is -6.56. The van der Waals surface area contributed by atoms with Gasteiger partial charge in [0.2, 0.25) is 0 Å². The quantitative estimate of drug-likeness (QED) is 0.640. The van der Waals surface area contributed by atoms with Crippen LogP contribution in [-0.2, 0) is 12.1 Å². The maximum atomic E-state index is 13.5. The Morgan fingerprint density at radius 1 is 0.818 bits per heavy atom. The molecule has 1 aromatic rings. The maximum absolute atomic E-state index is 13.5. The Balaban J connectivity index is 3.84. The molecule has 1 aromatic heterocycles. The van der Waals surface area contributed by atoms with E-state index in [1.165, 1.54) is 0 Å². The largest absolute Gasteiger partial charge is 0.432 e. The monoisotopic (exact) mass is 364 g/mol. The summed E-state index contributed by atoms with van der Waals surface area (Å²) in [7, 11) is 0. The zero-order valence-corrected chi connectivity index (χ0v) is 10.4. The van der Waals surface area contributed by atoms with Crippen molar-refractivity contribution in [2.45, 2.75) is 23.4 Å². The average Bonchev–Trinajstić information content (AvgIpc) is 2.24. The Morgan fingerprint density at radius 2 is 1.27 bits per heavy atom. The first kappa shape index (κ1) is 18.4. The van der Waals surface area contributed by atoms with Gasteiger partial charge in [0, 0.05) is 0 Å². The van der Waals surface area contributed by atoms with E-state index >= 15 is 0 Å². The van der Waals surface area contributed by atoms with Crippen molar-refractivity contribution >= 4 is 11.6 Å². The number of hydrogen-bond donors (Lipinski definition) is 2. The van der Waals surface area contributed by atoms with Crippen molar-refractivity contribution in [2.75, 3.05) is 0 Å². The van der Waals surface area contributed by atoms with E-state index in [0.29, 0.717) is 4.98 Å². The van der Waals surface area contributed by atoms with E-state index in [9.17, 15) is 49.1 Å². The molecular weight excluding hydrogens is 363 g/mol. The van der Waals surface area contributed by atoms with Crippen LogP contribution in [0.25, 0.3) is 0 Å². The maximum Gasteiger partial charge on any atom is 0.432 e. The highest BCUT2D eigenvalue weighted by molar-refractivity contribution is 6.22. The van der Waals surface area contributed by atoms with Gasteiger partial charge in [-0.1, -0.05) is 0 Å². The van der Waals surface area contributed by atoms with Crippen molar-refractivity contribution in [2.24, 2.45) is 0 Å². The third-order valence-electron chi connectivity index (χ3n) is 2.29. The smallest absolute Gasteiger partial charge is 0.303 e. The molecule has 126 valence electrons. The predicted molar refractivity (Wildman–Crippen MR) is 52.3 cm³/mol. The molecule has 0 bridgehead atoms. The minimum absolute atomic E-state index is 0.649. The fraction of sp³-hybridized carbons (Fsp3) is 0.500. The van der Waals surface area contributed by atoms with Crippen LogP contribution < -0.4 is 11.2 Å². The predicted octanol–water partition coefficient (Wildman–Crippen LogP) is 2.64. The lowest BCUT2D eigenvalue weighted by molar-refractivity contribution is -0.288. The molecule has 0 unspecified atom stereocenters. The number of halogens is 10. The van der Waals surface area contributed by atoms with E-state index < -0.39 is 45.9 Å². The van der Waals surface area contributed by atoms with Gasteiger partial charge in [0.25, 0.3) is 5.56 Å². The first-order valence-electron chi connectivity index (χ1n) is 4.80. The molecule has 22 heavy (non-hydrogen) atoms. The first-order chi connectivity index (χ1) is 9.53. The number of aromatic amines is 2. The zero-order chi connectivity index (χ0) is 17.7. The molecule has 0 fully saturated rings. The molecule has 0 saturated carbocycles. The van der Waals surface area contributed by atoms with Crippen LogP contribution in [0.3, 0.4) is 0 Å². The van der Waals surface area contributed by atoms with E-state index in [0.717, 1.165) is 4.98 Å². The standard InChI is InChI=1S/C8H2ClF9N2O2/c9-8(17,18)7(15,16)5(10,11)1-2(6(12,13)14)19-4(22)20-3(1)21/h(H2,19,20,21,22). The van der Waals surface area contributed by atoms with Crippen molar-refractivity contribution in [3.8, 4) is 0 Å². The fourth-order valence-corrected chi connectivity index (χ4v) is 1.45. The number of aromatic nitrogens is 2. The van der Waals surface area contributed by atoms with Crippen LogP contribution in [0.2, 0.25) is 0 Å². The van der Waals surface area contributed by atoms with Crippen molar-refractivity contribution in [1.29, 1.82) is 0 Å². The summed E-state index contributed by atoms with van der Waals surface area (Å²) in [6.07, 6.45) is -5.91. The molecule has 0 aliphatic heterocycles. The lowest BCUT2D eigenvalue weighted by atomic mass is 10.0. The minimum Gasteiger partial charge on any atom is -0.303 e. The highest BCUT2D eigenvalue weighted by Gasteiger charge is 2.73. The van der Waals surface area contributed by atoms with Gasteiger partial charge in [-0.2, -0.15) is 39.5 Å². The Labute approximate surface area is 117 Å². The van der Waals surface area contributed by atoms with Crippen LogP contribution in [-0.4, -0.2) is 21.3 Å². The summed E-state index contributed by atoms with van der Waals surface area (Å²) in [6.45, 7) is 0. The number of alkyl halides is 10. The van der Waals surface area contributed by atoms with Crippen LogP contribution in [0.1, 0.15) is 11.3 Å². The second-order valence-electron chi connectivity index (χ2n) is 3.80. The molecule has 1 rings (SSSR count). The van der Waals surface area contributed by atoms with Gasteiger partial charge in [-0.05, 0) is 11.6 Å². The molecule has 0 radical (unpaired) electrons. The summed E-state index contributed by atoms with van der Waals surface area (Å²) in [5, 5.41) is -5.98. The molecule has 0 aliphatic rings. The number of H-pyrrole nitrogens is 2. The van der Waals surface area contributed by atoms with E-state index in [1.54, 1.807) is 0 Å². The summed E-state index contributed by atoms with van der Waals surface area (Å²) in [4.78, 5) is 23.2. The van der Waals surface area contributed by atoms with Gasteiger partial charge in [-0.3, -0.25) is 9.78 Å². The van der Waals surface area contributed by atoms with Crippen molar-refractivity contribution in [3.63, 3.8) is 0 Å². The van der Waals surface area contributed by atoms with Crippen LogP contribution in [0.5, 0.6) is 0 Å². The van der Waals surface area contributed by atoms with E-state index in [2.05, 4.69) is 11.6 Å². The summed E-state index contributed by atoms with van der Waals surface area (Å²) in [5.41, 5.74) is -10.6. The van der Waals surface area contributed by atoms with Gasteiger partial charge in [0.1, 0.15) is 11.3 Å². The number of nitrogens with one attached hydrogen (secondary N) is 2. The molecule has 1 heterocycles. The van der Waals surface area contributed by atoms with Crippen LogP contribution in [0.15, 0.2) is 9.59 Å². The van der Waals surface area contributed by atoms with Gasteiger partial charge in [0.05, 0.1) is 0 Å². The van der Waals surface area contributed by atoms with Crippen molar-refractivity contribution in [3.05, 3.63) is 32.1 Å². The highest BCUT2D eigenvalue weighted by Crippen LogP contribution is 2.53. The third-order valence-corrected chi connectivity index (χ3v) is 2.53. The summed E-state index contributed by atoms with van der Waals surface area (Å²) in [5.74, 6) is -12.9. The number of hydrogen-bond acceptors (Lipinski definition) is 2. The lowest BCUT2D eigenvalue weighted by Gasteiger charge is -2.29. The van der Waals surface area contributed by atoms with Crippen molar-refractivity contribution < 1.29 is 39.5 Å². The van der Waals surface area contributed by atoms with Crippen LogP contribution in [0.4, 0.5) is 39.5 Å². The van der Waals surface area contributed by atoms with Gasteiger partial charge in [-0.15, -0.1) is 0 Å². The fourth-order valence-electron chi connectivity index (χ4n) is 1.33.